The predicted molar refractivity (Wildman–Crippen MR) is 73.2 cm³/mol. The van der Waals surface area contributed by atoms with Crippen molar-refractivity contribution >= 4 is 39.0 Å². The van der Waals surface area contributed by atoms with Crippen molar-refractivity contribution in [3.63, 3.8) is 0 Å². The zero-order valence-corrected chi connectivity index (χ0v) is 11.4. The monoisotopic (exact) mass is 312 g/mol. The molecule has 1 aromatic carbocycles. The van der Waals surface area contributed by atoms with Crippen LogP contribution in [0.4, 0.5) is 11.5 Å². The number of pyridine rings is 1. The Morgan fingerprint density at radius 2 is 2.12 bits per heavy atom. The van der Waals surface area contributed by atoms with Crippen LogP contribution in [0.2, 0.25) is 5.02 Å². The van der Waals surface area contributed by atoms with Crippen LogP contribution >= 0.6 is 27.5 Å². The number of nitrogens with one attached hydrogen (secondary N) is 1. The molecule has 0 saturated carbocycles. The number of benzene rings is 1. The Labute approximate surface area is 113 Å². The highest BCUT2D eigenvalue weighted by atomic mass is 79.9. The number of rotatable bonds is 3. The minimum atomic E-state index is 0.586. The van der Waals surface area contributed by atoms with Crippen LogP contribution in [-0.4, -0.2) is 12.1 Å². The molecule has 17 heavy (non-hydrogen) atoms. The quantitative estimate of drug-likeness (QED) is 0.920. The van der Waals surface area contributed by atoms with Gasteiger partial charge < -0.3 is 10.1 Å². The number of hydrogen-bond acceptors (Lipinski definition) is 3. The standard InChI is InChI=1S/C12H10BrClN2O/c1-17-11-5-3-2-4-10(11)16-12-9(13)6-8(14)7-15-12/h2-7H,1H3,(H,15,16). The molecule has 5 heteroatoms. The molecule has 0 bridgehead atoms. The van der Waals surface area contributed by atoms with Crippen LogP contribution in [0.5, 0.6) is 5.75 Å². The van der Waals surface area contributed by atoms with Gasteiger partial charge in [0.2, 0.25) is 0 Å². The molecule has 0 atom stereocenters. The maximum Gasteiger partial charge on any atom is 0.144 e. The summed E-state index contributed by atoms with van der Waals surface area (Å²) >= 11 is 9.23. The van der Waals surface area contributed by atoms with E-state index in [4.69, 9.17) is 16.3 Å². The smallest absolute Gasteiger partial charge is 0.144 e. The third-order valence-electron chi connectivity index (χ3n) is 2.17. The van der Waals surface area contributed by atoms with Gasteiger partial charge in [0.15, 0.2) is 0 Å². The molecule has 0 aliphatic heterocycles. The molecule has 1 N–H and O–H groups in total. The fraction of sp³-hybridized carbons (Fsp3) is 0.0833. The first-order valence-electron chi connectivity index (χ1n) is 4.92. The van der Waals surface area contributed by atoms with Crippen LogP contribution < -0.4 is 10.1 Å². The number of nitrogens with zero attached hydrogens (tertiary/aromatic N) is 1. The van der Waals surface area contributed by atoms with Crippen molar-refractivity contribution in [3.8, 4) is 5.75 Å². The summed E-state index contributed by atoms with van der Waals surface area (Å²) < 4.78 is 6.05. The molecule has 0 amide bonds. The Hall–Kier alpha value is -1.26. The molecule has 3 nitrogen and oxygen atoms in total. The number of halogens is 2. The summed E-state index contributed by atoms with van der Waals surface area (Å²) in [5, 5.41) is 3.76. The molecule has 2 aromatic rings. The summed E-state index contributed by atoms with van der Waals surface area (Å²) in [6.07, 6.45) is 1.59. The van der Waals surface area contributed by atoms with Crippen LogP contribution in [0.15, 0.2) is 41.0 Å². The van der Waals surface area contributed by atoms with Crippen LogP contribution in [0.1, 0.15) is 0 Å². The number of ether oxygens (including phenoxy) is 1. The van der Waals surface area contributed by atoms with Crippen LogP contribution in [0.25, 0.3) is 0 Å². The lowest BCUT2D eigenvalue weighted by Crippen LogP contribution is -1.97. The lowest BCUT2D eigenvalue weighted by atomic mass is 10.3. The van der Waals surface area contributed by atoms with E-state index >= 15 is 0 Å². The van der Waals surface area contributed by atoms with Crippen molar-refractivity contribution in [3.05, 3.63) is 46.0 Å². The molecule has 0 saturated heterocycles. The summed E-state index contributed by atoms with van der Waals surface area (Å²) in [7, 11) is 1.63. The fourth-order valence-corrected chi connectivity index (χ4v) is 2.12. The van der Waals surface area contributed by atoms with Gasteiger partial charge in [0.05, 0.1) is 22.3 Å². The maximum atomic E-state index is 5.83. The van der Waals surface area contributed by atoms with Crippen molar-refractivity contribution in [1.82, 2.24) is 4.98 Å². The van der Waals surface area contributed by atoms with Crippen LogP contribution in [-0.2, 0) is 0 Å². The lowest BCUT2D eigenvalue weighted by molar-refractivity contribution is 0.417. The van der Waals surface area contributed by atoms with E-state index in [9.17, 15) is 0 Å². The second kappa shape index (κ2) is 5.38. The minimum absolute atomic E-state index is 0.586. The topological polar surface area (TPSA) is 34.1 Å². The van der Waals surface area contributed by atoms with Gasteiger partial charge in [-0.25, -0.2) is 4.98 Å². The summed E-state index contributed by atoms with van der Waals surface area (Å²) in [5.41, 5.74) is 0.852. The number of methoxy groups -OCH3 is 1. The molecule has 0 aliphatic rings. The van der Waals surface area contributed by atoms with E-state index in [2.05, 4.69) is 26.2 Å². The molecule has 0 aliphatic carbocycles. The molecule has 0 fully saturated rings. The molecule has 0 unspecified atom stereocenters. The average Bonchev–Trinajstić information content (AvgIpc) is 2.33. The van der Waals surface area contributed by atoms with Gasteiger partial charge in [-0.3, -0.25) is 0 Å². The molecule has 2 rings (SSSR count). The lowest BCUT2D eigenvalue weighted by Gasteiger charge is -2.11. The molecule has 1 aromatic heterocycles. The van der Waals surface area contributed by atoms with Crippen molar-refractivity contribution < 1.29 is 4.74 Å². The zero-order valence-electron chi connectivity index (χ0n) is 9.08. The van der Waals surface area contributed by atoms with Gasteiger partial charge in [-0.15, -0.1) is 0 Å². The Morgan fingerprint density at radius 1 is 1.35 bits per heavy atom. The zero-order chi connectivity index (χ0) is 12.3. The first-order valence-corrected chi connectivity index (χ1v) is 6.09. The van der Waals surface area contributed by atoms with Crippen molar-refractivity contribution in [2.45, 2.75) is 0 Å². The molecular weight excluding hydrogens is 304 g/mol. The predicted octanol–water partition coefficient (Wildman–Crippen LogP) is 4.25. The first-order chi connectivity index (χ1) is 8.20. The molecule has 1 heterocycles. The highest BCUT2D eigenvalue weighted by Gasteiger charge is 2.06. The second-order valence-corrected chi connectivity index (χ2v) is 4.60. The van der Waals surface area contributed by atoms with E-state index in [1.165, 1.54) is 0 Å². The van der Waals surface area contributed by atoms with E-state index in [0.717, 1.165) is 15.9 Å². The number of hydrogen-bond donors (Lipinski definition) is 1. The number of para-hydroxylation sites is 2. The van der Waals surface area contributed by atoms with Gasteiger partial charge in [-0.2, -0.15) is 0 Å². The molecule has 0 radical (unpaired) electrons. The van der Waals surface area contributed by atoms with E-state index < -0.39 is 0 Å². The SMILES string of the molecule is COc1ccccc1Nc1ncc(Cl)cc1Br. The maximum absolute atomic E-state index is 5.83. The largest absolute Gasteiger partial charge is 0.495 e. The van der Waals surface area contributed by atoms with Gasteiger partial charge >= 0.3 is 0 Å². The average molecular weight is 314 g/mol. The van der Waals surface area contributed by atoms with Crippen LogP contribution in [0, 0.1) is 0 Å². The van der Waals surface area contributed by atoms with Gasteiger partial charge in [0.1, 0.15) is 11.6 Å². The third-order valence-corrected chi connectivity index (χ3v) is 2.98. The van der Waals surface area contributed by atoms with E-state index in [-0.39, 0.29) is 0 Å². The van der Waals surface area contributed by atoms with Crippen molar-refractivity contribution in [2.75, 3.05) is 12.4 Å². The summed E-state index contributed by atoms with van der Waals surface area (Å²) in [6.45, 7) is 0. The summed E-state index contributed by atoms with van der Waals surface area (Å²) in [5.74, 6) is 1.45. The first kappa shape index (κ1) is 12.2. The van der Waals surface area contributed by atoms with Gasteiger partial charge in [0, 0.05) is 6.20 Å². The van der Waals surface area contributed by atoms with E-state index in [1.54, 1.807) is 19.4 Å². The highest BCUT2D eigenvalue weighted by Crippen LogP contribution is 2.30. The minimum Gasteiger partial charge on any atom is -0.495 e. The number of aromatic nitrogens is 1. The number of anilines is 2. The third kappa shape index (κ3) is 2.90. The highest BCUT2D eigenvalue weighted by molar-refractivity contribution is 9.10. The Kier molecular flexibility index (Phi) is 3.86. The fourth-order valence-electron chi connectivity index (χ4n) is 1.38. The Morgan fingerprint density at radius 3 is 2.82 bits per heavy atom. The molecule has 0 spiro atoms. The molecule has 88 valence electrons. The van der Waals surface area contributed by atoms with Gasteiger partial charge in [-0.1, -0.05) is 23.7 Å². The van der Waals surface area contributed by atoms with Crippen LogP contribution in [0.3, 0.4) is 0 Å². The van der Waals surface area contributed by atoms with Gasteiger partial charge in [-0.05, 0) is 34.1 Å². The molecular formula is C12H10BrClN2O. The second-order valence-electron chi connectivity index (χ2n) is 3.31. The summed E-state index contributed by atoms with van der Waals surface area (Å²) in [6, 6.07) is 9.42. The van der Waals surface area contributed by atoms with E-state index in [0.29, 0.717) is 10.8 Å². The van der Waals surface area contributed by atoms with Gasteiger partial charge in [0.25, 0.3) is 0 Å². The van der Waals surface area contributed by atoms with Crippen molar-refractivity contribution in [2.24, 2.45) is 0 Å². The van der Waals surface area contributed by atoms with E-state index in [1.807, 2.05) is 24.3 Å². The Balaban J connectivity index is 2.31. The van der Waals surface area contributed by atoms with Crippen molar-refractivity contribution in [1.29, 1.82) is 0 Å². The normalized spacial score (nSPS) is 10.1. The summed E-state index contributed by atoms with van der Waals surface area (Å²) in [4.78, 5) is 4.20. The Bertz CT molecular complexity index is 534.